The highest BCUT2D eigenvalue weighted by Gasteiger charge is 2.09. The average Bonchev–Trinajstić information content (AvgIpc) is 2.21. The maximum atomic E-state index is 8.83. The molecule has 70 valence electrons. The maximum Gasteiger partial charge on any atom is 0.122 e. The SMILES string of the molecule is COc1ccc(C#N)c(CC#N)c1C. The number of rotatable bonds is 2. The van der Waals surface area contributed by atoms with Gasteiger partial charge in [0.05, 0.1) is 31.2 Å². The van der Waals surface area contributed by atoms with Gasteiger partial charge in [-0.25, -0.2) is 0 Å². The van der Waals surface area contributed by atoms with E-state index in [0.717, 1.165) is 11.1 Å². The van der Waals surface area contributed by atoms with E-state index in [1.54, 1.807) is 19.2 Å². The summed E-state index contributed by atoms with van der Waals surface area (Å²) in [4.78, 5) is 0. The molecule has 0 fully saturated rings. The van der Waals surface area contributed by atoms with Crippen molar-refractivity contribution in [2.24, 2.45) is 0 Å². The lowest BCUT2D eigenvalue weighted by Gasteiger charge is -2.09. The van der Waals surface area contributed by atoms with E-state index in [-0.39, 0.29) is 6.42 Å². The summed E-state index contributed by atoms with van der Waals surface area (Å²) in [7, 11) is 1.57. The predicted octanol–water partition coefficient (Wildman–Crippen LogP) is 1.94. The highest BCUT2D eigenvalue weighted by Crippen LogP contribution is 2.24. The van der Waals surface area contributed by atoms with Crippen LogP contribution >= 0.6 is 0 Å². The van der Waals surface area contributed by atoms with Gasteiger partial charge in [-0.2, -0.15) is 10.5 Å². The lowest BCUT2D eigenvalue weighted by atomic mass is 9.99. The molecule has 0 N–H and O–H groups in total. The zero-order valence-corrected chi connectivity index (χ0v) is 8.16. The molecule has 0 spiro atoms. The van der Waals surface area contributed by atoms with Gasteiger partial charge in [0.15, 0.2) is 0 Å². The Morgan fingerprint density at radius 2 is 2.07 bits per heavy atom. The molecule has 0 saturated heterocycles. The molecule has 3 nitrogen and oxygen atoms in total. The minimum absolute atomic E-state index is 0.242. The molecule has 0 saturated carbocycles. The number of ether oxygens (including phenoxy) is 1. The Bertz CT molecular complexity index is 424. The summed E-state index contributed by atoms with van der Waals surface area (Å²) in [5, 5.41) is 17.5. The molecule has 1 aromatic carbocycles. The molecule has 0 aromatic heterocycles. The lowest BCUT2D eigenvalue weighted by molar-refractivity contribution is 0.411. The molecule has 1 rings (SSSR count). The highest BCUT2D eigenvalue weighted by atomic mass is 16.5. The second-order valence-corrected chi connectivity index (χ2v) is 2.87. The van der Waals surface area contributed by atoms with Crippen LogP contribution in [0.1, 0.15) is 16.7 Å². The molecule has 0 amide bonds. The molecule has 0 aliphatic heterocycles. The molecule has 0 unspecified atom stereocenters. The van der Waals surface area contributed by atoms with Gasteiger partial charge in [-0.15, -0.1) is 0 Å². The third-order valence-electron chi connectivity index (χ3n) is 2.14. The summed E-state index contributed by atoms with van der Waals surface area (Å²) in [6.07, 6.45) is 0.242. The van der Waals surface area contributed by atoms with Crippen molar-refractivity contribution in [1.29, 1.82) is 10.5 Å². The summed E-state index contributed by atoms with van der Waals surface area (Å²) in [6.45, 7) is 1.85. The van der Waals surface area contributed by atoms with Crippen LogP contribution in [0.5, 0.6) is 5.75 Å². The summed E-state index contributed by atoms with van der Waals surface area (Å²) < 4.78 is 5.11. The molecule has 0 heterocycles. The van der Waals surface area contributed by atoms with Crippen molar-refractivity contribution in [3.63, 3.8) is 0 Å². The largest absolute Gasteiger partial charge is 0.496 e. The first kappa shape index (κ1) is 10.1. The molecule has 0 aliphatic carbocycles. The van der Waals surface area contributed by atoms with Crippen LogP contribution in [0.25, 0.3) is 0 Å². The molecule has 1 aromatic rings. The zero-order valence-electron chi connectivity index (χ0n) is 8.16. The van der Waals surface area contributed by atoms with E-state index < -0.39 is 0 Å². The van der Waals surface area contributed by atoms with E-state index in [4.69, 9.17) is 15.3 Å². The zero-order chi connectivity index (χ0) is 10.6. The van der Waals surface area contributed by atoms with Crippen molar-refractivity contribution in [3.05, 3.63) is 28.8 Å². The fourth-order valence-electron chi connectivity index (χ4n) is 1.37. The number of hydrogen-bond donors (Lipinski definition) is 0. The number of benzene rings is 1. The van der Waals surface area contributed by atoms with Crippen molar-refractivity contribution < 1.29 is 4.74 Å². The Morgan fingerprint density at radius 1 is 1.36 bits per heavy atom. The van der Waals surface area contributed by atoms with Gasteiger partial charge in [0.2, 0.25) is 0 Å². The molecular formula is C11H10N2O. The topological polar surface area (TPSA) is 56.8 Å². The van der Waals surface area contributed by atoms with Crippen molar-refractivity contribution >= 4 is 0 Å². The monoisotopic (exact) mass is 186 g/mol. The van der Waals surface area contributed by atoms with Gasteiger partial charge in [-0.05, 0) is 30.2 Å². The van der Waals surface area contributed by atoms with Crippen LogP contribution in [0.15, 0.2) is 12.1 Å². The molecule has 14 heavy (non-hydrogen) atoms. The molecule has 0 radical (unpaired) electrons. The average molecular weight is 186 g/mol. The third-order valence-corrected chi connectivity index (χ3v) is 2.14. The van der Waals surface area contributed by atoms with Crippen LogP contribution in [-0.4, -0.2) is 7.11 Å². The van der Waals surface area contributed by atoms with E-state index in [0.29, 0.717) is 11.3 Å². The summed E-state index contributed by atoms with van der Waals surface area (Å²) >= 11 is 0. The van der Waals surface area contributed by atoms with E-state index in [2.05, 4.69) is 6.07 Å². The van der Waals surface area contributed by atoms with Gasteiger partial charge in [-0.3, -0.25) is 0 Å². The van der Waals surface area contributed by atoms with Crippen LogP contribution in [-0.2, 0) is 6.42 Å². The van der Waals surface area contributed by atoms with E-state index in [9.17, 15) is 0 Å². The normalized spacial score (nSPS) is 8.86. The fourth-order valence-corrected chi connectivity index (χ4v) is 1.37. The van der Waals surface area contributed by atoms with Crippen LogP contribution in [0.4, 0.5) is 0 Å². The smallest absolute Gasteiger partial charge is 0.122 e. The van der Waals surface area contributed by atoms with E-state index in [1.165, 1.54) is 0 Å². The van der Waals surface area contributed by atoms with Crippen molar-refractivity contribution in [1.82, 2.24) is 0 Å². The third kappa shape index (κ3) is 1.67. The van der Waals surface area contributed by atoms with Gasteiger partial charge in [0.25, 0.3) is 0 Å². The van der Waals surface area contributed by atoms with Gasteiger partial charge in [-0.1, -0.05) is 0 Å². The standard InChI is InChI=1S/C11H10N2O/c1-8-10(5-6-12)9(7-13)3-4-11(8)14-2/h3-4H,5H2,1-2H3. The second kappa shape index (κ2) is 4.30. The molecule has 0 bridgehead atoms. The summed E-state index contributed by atoms with van der Waals surface area (Å²) in [5.74, 6) is 0.717. The Balaban J connectivity index is 3.34. The Morgan fingerprint density at radius 3 is 2.57 bits per heavy atom. The fraction of sp³-hybridized carbons (Fsp3) is 0.273. The van der Waals surface area contributed by atoms with E-state index >= 15 is 0 Å². The van der Waals surface area contributed by atoms with Crippen molar-refractivity contribution in [2.75, 3.05) is 7.11 Å². The van der Waals surface area contributed by atoms with Crippen LogP contribution in [0.3, 0.4) is 0 Å². The second-order valence-electron chi connectivity index (χ2n) is 2.87. The van der Waals surface area contributed by atoms with Crippen LogP contribution in [0, 0.1) is 29.6 Å². The van der Waals surface area contributed by atoms with Gasteiger partial charge < -0.3 is 4.74 Å². The Kier molecular flexibility index (Phi) is 3.09. The highest BCUT2D eigenvalue weighted by molar-refractivity contribution is 5.50. The Labute approximate surface area is 83.2 Å². The van der Waals surface area contributed by atoms with E-state index in [1.807, 2.05) is 13.0 Å². The van der Waals surface area contributed by atoms with Gasteiger partial charge >= 0.3 is 0 Å². The molecule has 0 aliphatic rings. The minimum atomic E-state index is 0.242. The van der Waals surface area contributed by atoms with Gasteiger partial charge in [0, 0.05) is 0 Å². The maximum absolute atomic E-state index is 8.83. The predicted molar refractivity (Wildman–Crippen MR) is 51.8 cm³/mol. The minimum Gasteiger partial charge on any atom is -0.496 e. The number of nitriles is 2. The molecular weight excluding hydrogens is 176 g/mol. The summed E-state index contributed by atoms with van der Waals surface area (Å²) in [6, 6.07) is 7.53. The van der Waals surface area contributed by atoms with Gasteiger partial charge in [0.1, 0.15) is 5.75 Å². The summed E-state index contributed by atoms with van der Waals surface area (Å²) in [5.41, 5.74) is 2.17. The lowest BCUT2D eigenvalue weighted by Crippen LogP contribution is -1.96. The Hall–Kier alpha value is -2.00. The van der Waals surface area contributed by atoms with Crippen LogP contribution in [0.2, 0.25) is 0 Å². The molecule has 0 atom stereocenters. The number of methoxy groups -OCH3 is 1. The number of hydrogen-bond acceptors (Lipinski definition) is 3. The van der Waals surface area contributed by atoms with Crippen molar-refractivity contribution in [3.8, 4) is 17.9 Å². The van der Waals surface area contributed by atoms with Crippen LogP contribution < -0.4 is 4.74 Å². The quantitative estimate of drug-likeness (QED) is 0.709. The first-order chi connectivity index (χ1) is 6.74. The first-order valence-electron chi connectivity index (χ1n) is 4.18. The van der Waals surface area contributed by atoms with Crippen molar-refractivity contribution in [2.45, 2.75) is 13.3 Å². The number of nitrogens with zero attached hydrogens (tertiary/aromatic N) is 2. The molecule has 3 heteroatoms. The first-order valence-corrected chi connectivity index (χ1v) is 4.18.